The molecule has 5 nitrogen and oxygen atoms in total. The highest BCUT2D eigenvalue weighted by Gasteiger charge is 2.18. The quantitative estimate of drug-likeness (QED) is 0.908. The molecule has 0 aliphatic heterocycles. The van der Waals surface area contributed by atoms with Gasteiger partial charge in [-0.15, -0.1) is 0 Å². The minimum absolute atomic E-state index is 0.328. The highest BCUT2D eigenvalue weighted by atomic mass is 15.3. The van der Waals surface area contributed by atoms with E-state index in [1.165, 1.54) is 0 Å². The molecule has 0 saturated carbocycles. The van der Waals surface area contributed by atoms with Crippen molar-refractivity contribution < 1.29 is 0 Å². The molecular formula is C15H23N5. The molecule has 0 radical (unpaired) electrons. The van der Waals surface area contributed by atoms with Gasteiger partial charge in [0.25, 0.3) is 0 Å². The zero-order valence-corrected chi connectivity index (χ0v) is 12.9. The summed E-state index contributed by atoms with van der Waals surface area (Å²) in [4.78, 5) is 8.86. The van der Waals surface area contributed by atoms with Gasteiger partial charge in [0.1, 0.15) is 12.1 Å². The van der Waals surface area contributed by atoms with E-state index in [2.05, 4.69) is 47.2 Å². The fraction of sp³-hybridized carbons (Fsp3) is 0.533. The Morgan fingerprint density at radius 3 is 2.55 bits per heavy atom. The lowest BCUT2D eigenvalue weighted by Crippen LogP contribution is -2.13. The minimum Gasteiger partial charge on any atom is -0.370 e. The molecule has 1 N–H and O–H groups in total. The fourth-order valence-corrected chi connectivity index (χ4v) is 2.31. The molecule has 0 aliphatic carbocycles. The molecule has 0 atom stereocenters. The van der Waals surface area contributed by atoms with Crippen molar-refractivity contribution in [3.8, 4) is 5.82 Å². The van der Waals surface area contributed by atoms with E-state index in [4.69, 9.17) is 0 Å². The molecule has 0 aliphatic rings. The highest BCUT2D eigenvalue weighted by molar-refractivity contribution is 5.53. The van der Waals surface area contributed by atoms with Crippen molar-refractivity contribution in [2.24, 2.45) is 0 Å². The van der Waals surface area contributed by atoms with Gasteiger partial charge in [-0.25, -0.2) is 14.6 Å². The van der Waals surface area contributed by atoms with Gasteiger partial charge in [0.05, 0.1) is 5.69 Å². The van der Waals surface area contributed by atoms with Crippen molar-refractivity contribution in [3.63, 3.8) is 0 Å². The summed E-state index contributed by atoms with van der Waals surface area (Å²) < 4.78 is 1.91. The van der Waals surface area contributed by atoms with Crippen molar-refractivity contribution in [1.29, 1.82) is 0 Å². The SMILES string of the molecule is CCCNc1ncnc(-n2nc(C)cc2C)c1C(C)C. The molecule has 20 heavy (non-hydrogen) atoms. The van der Waals surface area contributed by atoms with E-state index in [1.807, 2.05) is 18.5 Å². The summed E-state index contributed by atoms with van der Waals surface area (Å²) in [6.07, 6.45) is 2.67. The third kappa shape index (κ3) is 2.81. The molecule has 0 bridgehead atoms. The molecule has 2 aromatic heterocycles. The van der Waals surface area contributed by atoms with Crippen LogP contribution in [-0.4, -0.2) is 26.3 Å². The van der Waals surface area contributed by atoms with Gasteiger partial charge in [0.15, 0.2) is 5.82 Å². The maximum atomic E-state index is 4.54. The first-order valence-corrected chi connectivity index (χ1v) is 7.17. The lowest BCUT2D eigenvalue weighted by atomic mass is 10.0. The van der Waals surface area contributed by atoms with Crippen molar-refractivity contribution in [1.82, 2.24) is 19.7 Å². The topological polar surface area (TPSA) is 55.6 Å². The molecule has 2 aromatic rings. The van der Waals surface area contributed by atoms with Crippen LogP contribution in [0.4, 0.5) is 5.82 Å². The van der Waals surface area contributed by atoms with Gasteiger partial charge >= 0.3 is 0 Å². The van der Waals surface area contributed by atoms with E-state index < -0.39 is 0 Å². The third-order valence-electron chi connectivity index (χ3n) is 3.19. The number of nitrogens with one attached hydrogen (secondary N) is 1. The largest absolute Gasteiger partial charge is 0.370 e. The molecule has 0 fully saturated rings. The summed E-state index contributed by atoms with van der Waals surface area (Å²) in [6.45, 7) is 11.4. The van der Waals surface area contributed by atoms with Gasteiger partial charge in [-0.1, -0.05) is 20.8 Å². The van der Waals surface area contributed by atoms with Gasteiger partial charge in [-0.3, -0.25) is 0 Å². The molecule has 0 spiro atoms. The van der Waals surface area contributed by atoms with Crippen LogP contribution in [0.5, 0.6) is 0 Å². The number of hydrogen-bond acceptors (Lipinski definition) is 4. The van der Waals surface area contributed by atoms with Crippen molar-refractivity contribution in [2.75, 3.05) is 11.9 Å². The number of anilines is 1. The number of nitrogens with zero attached hydrogens (tertiary/aromatic N) is 4. The van der Waals surface area contributed by atoms with Crippen LogP contribution in [-0.2, 0) is 0 Å². The molecule has 0 amide bonds. The maximum Gasteiger partial charge on any atom is 0.162 e. The molecule has 2 heterocycles. The summed E-state index contributed by atoms with van der Waals surface area (Å²) in [5, 5.41) is 7.93. The highest BCUT2D eigenvalue weighted by Crippen LogP contribution is 2.27. The molecule has 0 saturated heterocycles. The Hall–Kier alpha value is -1.91. The van der Waals surface area contributed by atoms with Crippen molar-refractivity contribution in [2.45, 2.75) is 47.0 Å². The first kappa shape index (κ1) is 14.5. The molecule has 0 aromatic carbocycles. The monoisotopic (exact) mass is 273 g/mol. The van der Waals surface area contributed by atoms with E-state index in [0.717, 1.165) is 41.6 Å². The Kier molecular flexibility index (Phi) is 4.37. The molecule has 108 valence electrons. The summed E-state index contributed by atoms with van der Waals surface area (Å²) in [7, 11) is 0. The van der Waals surface area contributed by atoms with Crippen molar-refractivity contribution >= 4 is 5.82 Å². The maximum absolute atomic E-state index is 4.54. The van der Waals surface area contributed by atoms with E-state index in [0.29, 0.717) is 5.92 Å². The average Bonchev–Trinajstić information content (AvgIpc) is 2.74. The number of hydrogen-bond donors (Lipinski definition) is 1. The Morgan fingerprint density at radius 2 is 2.00 bits per heavy atom. The van der Waals surface area contributed by atoms with Crippen LogP contribution in [0.3, 0.4) is 0 Å². The average molecular weight is 273 g/mol. The fourth-order valence-electron chi connectivity index (χ4n) is 2.31. The van der Waals surface area contributed by atoms with Crippen LogP contribution in [0.2, 0.25) is 0 Å². The normalized spacial score (nSPS) is 11.1. The first-order valence-electron chi connectivity index (χ1n) is 7.17. The molecule has 2 rings (SSSR count). The molecular weight excluding hydrogens is 250 g/mol. The van der Waals surface area contributed by atoms with Crippen LogP contribution in [0.25, 0.3) is 5.82 Å². The second-order valence-corrected chi connectivity index (χ2v) is 5.38. The van der Waals surface area contributed by atoms with E-state index in [9.17, 15) is 0 Å². The second-order valence-electron chi connectivity index (χ2n) is 5.38. The number of rotatable bonds is 5. The van der Waals surface area contributed by atoms with Crippen LogP contribution >= 0.6 is 0 Å². The second kappa shape index (κ2) is 6.03. The molecule has 0 unspecified atom stereocenters. The van der Waals surface area contributed by atoms with Crippen molar-refractivity contribution in [3.05, 3.63) is 29.3 Å². The van der Waals surface area contributed by atoms with Crippen LogP contribution in [0.15, 0.2) is 12.4 Å². The van der Waals surface area contributed by atoms with E-state index in [1.54, 1.807) is 6.33 Å². The zero-order chi connectivity index (χ0) is 14.7. The van der Waals surface area contributed by atoms with Crippen LogP contribution in [0, 0.1) is 13.8 Å². The first-order chi connectivity index (χ1) is 9.54. The summed E-state index contributed by atoms with van der Waals surface area (Å²) in [5.41, 5.74) is 3.20. The Bertz CT molecular complexity index is 586. The Labute approximate surface area is 120 Å². The van der Waals surface area contributed by atoms with E-state index >= 15 is 0 Å². The lowest BCUT2D eigenvalue weighted by molar-refractivity contribution is 0.752. The smallest absolute Gasteiger partial charge is 0.162 e. The van der Waals surface area contributed by atoms with Gasteiger partial charge < -0.3 is 5.32 Å². The Morgan fingerprint density at radius 1 is 1.25 bits per heavy atom. The van der Waals surface area contributed by atoms with Gasteiger partial charge in [-0.05, 0) is 32.3 Å². The third-order valence-corrected chi connectivity index (χ3v) is 3.19. The number of aryl methyl sites for hydroxylation is 2. The minimum atomic E-state index is 0.328. The van der Waals surface area contributed by atoms with Gasteiger partial charge in [0.2, 0.25) is 0 Å². The standard InChI is InChI=1S/C15H23N5/c1-6-7-16-14-13(10(2)3)15(18-9-17-14)20-12(5)8-11(4)19-20/h8-10H,6-7H2,1-5H3,(H,16,17,18). The predicted octanol–water partition coefficient (Wildman–Crippen LogP) is 3.22. The predicted molar refractivity (Wildman–Crippen MR) is 81.5 cm³/mol. The lowest BCUT2D eigenvalue weighted by Gasteiger charge is -2.17. The summed E-state index contributed by atoms with van der Waals surface area (Å²) >= 11 is 0. The summed E-state index contributed by atoms with van der Waals surface area (Å²) in [6, 6.07) is 2.06. The molecule has 5 heteroatoms. The van der Waals surface area contributed by atoms with E-state index in [-0.39, 0.29) is 0 Å². The van der Waals surface area contributed by atoms with Gasteiger partial charge in [0, 0.05) is 17.8 Å². The van der Waals surface area contributed by atoms with Crippen LogP contribution < -0.4 is 5.32 Å². The number of aromatic nitrogens is 4. The Balaban J connectivity index is 2.55. The zero-order valence-electron chi connectivity index (χ0n) is 12.9. The van der Waals surface area contributed by atoms with Gasteiger partial charge in [-0.2, -0.15) is 5.10 Å². The van der Waals surface area contributed by atoms with Crippen LogP contribution in [0.1, 0.15) is 50.1 Å². The summed E-state index contributed by atoms with van der Waals surface area (Å²) in [5.74, 6) is 2.12.